The highest BCUT2D eigenvalue weighted by Crippen LogP contribution is 2.03. The van der Waals surface area contributed by atoms with Gasteiger partial charge in [0.25, 0.3) is 0 Å². The van der Waals surface area contributed by atoms with Gasteiger partial charge in [0, 0.05) is 12.0 Å². The molecule has 0 spiro atoms. The molecule has 1 rings (SSSR count). The number of rotatable bonds is 0. The molecule has 0 aliphatic carbocycles. The smallest absolute Gasteiger partial charge is 0.0774 e. The van der Waals surface area contributed by atoms with E-state index in [2.05, 4.69) is 4.74 Å². The number of aliphatic hydroxyl groups is 1. The fourth-order valence-corrected chi connectivity index (χ4v) is 0.210. The van der Waals surface area contributed by atoms with Crippen molar-refractivity contribution in [1.82, 2.24) is 0 Å². The summed E-state index contributed by atoms with van der Waals surface area (Å²) in [5.74, 6) is 0. The van der Waals surface area contributed by atoms with Crippen LogP contribution < -0.4 is 0 Å². The quantitative estimate of drug-likeness (QED) is 0.482. The van der Waals surface area contributed by atoms with E-state index in [9.17, 15) is 5.11 Å². The molecule has 0 radical (unpaired) electrons. The van der Waals surface area contributed by atoms with Crippen LogP contribution in [-0.4, -0.2) is 24.3 Å². The fraction of sp³-hybridized carbons (Fsp3) is 1.00. The minimum absolute atomic E-state index is 3.30. The van der Waals surface area contributed by atoms with E-state index in [1.807, 2.05) is 0 Å². The molecular weight excluding hydrogens is 92.1 g/mol. The average Bonchev–Trinajstić information content (AvgIpc) is 1.98. The molecule has 2 nitrogen and oxygen atoms in total. The largest absolute Gasteiger partial charge is 0.391 e. The zero-order valence-corrected chi connectivity index (χ0v) is 3.36. The predicted molar refractivity (Wildman–Crippen MR) is 26.1 cm³/mol. The summed E-state index contributed by atoms with van der Waals surface area (Å²) < 4.78 is 68.4. The van der Waals surface area contributed by atoms with E-state index in [1.54, 1.807) is 0 Å². The standard InChI is InChI=1S/C5H10O2/c6-5-2-1-3-7-4-5/h5-6H,1-4H2/i1D2,2D2,3D2,4D2,5D. The summed E-state index contributed by atoms with van der Waals surface area (Å²) in [4.78, 5) is 0. The minimum atomic E-state index is -3.56. The second-order valence-electron chi connectivity index (χ2n) is 0.905. The van der Waals surface area contributed by atoms with Crippen molar-refractivity contribution in [2.75, 3.05) is 13.1 Å². The van der Waals surface area contributed by atoms with Crippen molar-refractivity contribution in [2.24, 2.45) is 0 Å². The van der Waals surface area contributed by atoms with Gasteiger partial charge < -0.3 is 9.84 Å². The molecule has 0 bridgehead atoms. The molecule has 2 heteroatoms. The van der Waals surface area contributed by atoms with Crippen molar-refractivity contribution in [1.29, 1.82) is 0 Å². The van der Waals surface area contributed by atoms with E-state index in [0.717, 1.165) is 0 Å². The molecule has 7 heavy (non-hydrogen) atoms. The van der Waals surface area contributed by atoms with Crippen LogP contribution in [0, 0.1) is 0 Å². The van der Waals surface area contributed by atoms with Crippen LogP contribution in [0.4, 0.5) is 0 Å². The summed E-state index contributed by atoms with van der Waals surface area (Å²) in [6.07, 6.45) is -10.4. The molecule has 1 saturated heterocycles. The second-order valence-corrected chi connectivity index (χ2v) is 0.905. The molecule has 1 heterocycles. The maximum atomic E-state index is 9.38. The topological polar surface area (TPSA) is 29.5 Å². The third kappa shape index (κ3) is 1.45. The molecule has 0 amide bonds. The Morgan fingerprint density at radius 3 is 3.71 bits per heavy atom. The molecule has 1 atom stereocenters. The lowest BCUT2D eigenvalue weighted by Crippen LogP contribution is -2.21. The molecule has 1 unspecified atom stereocenters. The first kappa shape index (κ1) is 0.957. The number of ether oxygens (including phenoxy) is 1. The third-order valence-electron chi connectivity index (χ3n) is 0.431. The molecule has 0 aromatic heterocycles. The van der Waals surface area contributed by atoms with E-state index in [1.165, 1.54) is 0 Å². The van der Waals surface area contributed by atoms with Crippen molar-refractivity contribution in [2.45, 2.75) is 18.8 Å². The Labute approximate surface area is 55.7 Å². The maximum absolute atomic E-state index is 9.38. The minimum Gasteiger partial charge on any atom is -0.391 e. The monoisotopic (exact) mass is 111 g/mol. The van der Waals surface area contributed by atoms with E-state index in [-0.39, 0.29) is 0 Å². The third-order valence-corrected chi connectivity index (χ3v) is 0.431. The Morgan fingerprint density at radius 1 is 2.00 bits per heavy atom. The van der Waals surface area contributed by atoms with Crippen molar-refractivity contribution in [3.05, 3.63) is 0 Å². The Morgan fingerprint density at radius 2 is 2.86 bits per heavy atom. The van der Waals surface area contributed by atoms with Gasteiger partial charge in [-0.15, -0.1) is 0 Å². The highest BCUT2D eigenvalue weighted by atomic mass is 16.5. The zero-order valence-electron chi connectivity index (χ0n) is 12.4. The summed E-state index contributed by atoms with van der Waals surface area (Å²) in [6.45, 7) is -6.67. The van der Waals surface area contributed by atoms with E-state index < -0.39 is 31.9 Å². The number of hydrogen-bond donors (Lipinski definition) is 1. The molecule has 42 valence electrons. The SMILES string of the molecule is [2H]C1([2H])OC([2H])([2H])C([2H])(O)C([2H])([2H])C1([2H])[2H]. The number of hydrogen-bond acceptors (Lipinski definition) is 2. The van der Waals surface area contributed by atoms with Crippen LogP contribution >= 0.6 is 0 Å². The Balaban J connectivity index is 3.43. The van der Waals surface area contributed by atoms with Crippen LogP contribution in [0.15, 0.2) is 0 Å². The Bertz CT molecular complexity index is 281. The van der Waals surface area contributed by atoms with Crippen molar-refractivity contribution < 1.29 is 22.2 Å². The van der Waals surface area contributed by atoms with Gasteiger partial charge in [-0.2, -0.15) is 0 Å². The predicted octanol–water partition coefficient (Wildman–Crippen LogP) is 0.158. The molecule has 0 aromatic carbocycles. The lowest BCUT2D eigenvalue weighted by molar-refractivity contribution is -0.00535. The summed E-state index contributed by atoms with van der Waals surface area (Å²) in [5, 5.41) is 9.38. The van der Waals surface area contributed by atoms with Crippen molar-refractivity contribution in [3.63, 3.8) is 0 Å². The highest BCUT2D eigenvalue weighted by Gasteiger charge is 2.07. The van der Waals surface area contributed by atoms with Gasteiger partial charge in [0.15, 0.2) is 0 Å². The lowest BCUT2D eigenvalue weighted by Gasteiger charge is -2.15. The summed E-state index contributed by atoms with van der Waals surface area (Å²) in [5.41, 5.74) is 0. The van der Waals surface area contributed by atoms with Gasteiger partial charge >= 0.3 is 0 Å². The first-order chi connectivity index (χ1) is 6.71. The van der Waals surface area contributed by atoms with Crippen LogP contribution in [0.1, 0.15) is 25.1 Å². The van der Waals surface area contributed by atoms with Crippen LogP contribution in [-0.2, 0) is 4.74 Å². The van der Waals surface area contributed by atoms with Gasteiger partial charge in [0.05, 0.1) is 19.5 Å². The molecule has 1 fully saturated rings. The first-order valence-corrected chi connectivity index (χ1v) is 1.63. The summed E-state index contributed by atoms with van der Waals surface area (Å²) in [7, 11) is 0. The molecule has 0 saturated carbocycles. The average molecular weight is 111 g/mol. The molecule has 1 N–H and O–H groups in total. The maximum Gasteiger partial charge on any atom is 0.0774 e. The normalized spacial score (nSPS) is 91.3. The summed E-state index contributed by atoms with van der Waals surface area (Å²) in [6, 6.07) is 0. The highest BCUT2D eigenvalue weighted by molar-refractivity contribution is 4.57. The van der Waals surface area contributed by atoms with Crippen LogP contribution in [0.3, 0.4) is 0 Å². The second kappa shape index (κ2) is 2.28. The van der Waals surface area contributed by atoms with E-state index >= 15 is 0 Å². The van der Waals surface area contributed by atoms with Crippen molar-refractivity contribution >= 4 is 0 Å². The molecule has 0 aromatic rings. The van der Waals surface area contributed by atoms with Crippen LogP contribution in [0.5, 0.6) is 0 Å². The van der Waals surface area contributed by atoms with Crippen LogP contribution in [0.2, 0.25) is 0 Å². The zero-order chi connectivity index (χ0) is 13.2. The van der Waals surface area contributed by atoms with Gasteiger partial charge in [-0.3, -0.25) is 0 Å². The van der Waals surface area contributed by atoms with E-state index in [0.29, 0.717) is 0 Å². The Kier molecular flexibility index (Phi) is 0.312. The van der Waals surface area contributed by atoms with E-state index in [4.69, 9.17) is 12.3 Å². The fourth-order valence-electron chi connectivity index (χ4n) is 0.210. The van der Waals surface area contributed by atoms with Gasteiger partial charge in [-0.1, -0.05) is 0 Å². The first-order valence-electron chi connectivity index (χ1n) is 6.13. The van der Waals surface area contributed by atoms with Gasteiger partial charge in [0.2, 0.25) is 0 Å². The van der Waals surface area contributed by atoms with Gasteiger partial charge in [0.1, 0.15) is 0 Å². The van der Waals surface area contributed by atoms with Crippen LogP contribution in [0.25, 0.3) is 0 Å². The van der Waals surface area contributed by atoms with Crippen molar-refractivity contribution in [3.8, 4) is 0 Å². The summed E-state index contributed by atoms with van der Waals surface area (Å²) >= 11 is 0. The lowest BCUT2D eigenvalue weighted by atomic mass is 10.2. The molecule has 1 aliphatic heterocycles. The molecule has 1 aliphatic rings. The van der Waals surface area contributed by atoms with Gasteiger partial charge in [-0.05, 0) is 12.7 Å². The van der Waals surface area contributed by atoms with Gasteiger partial charge in [-0.25, -0.2) is 0 Å². The Hall–Kier alpha value is -0.0800. The molecular formula is C5H10O2.